The van der Waals surface area contributed by atoms with Crippen LogP contribution in [0.25, 0.3) is 0 Å². The number of rotatable bonds is 5. The Morgan fingerprint density at radius 3 is 2.75 bits per heavy atom. The first kappa shape index (κ1) is 13.9. The van der Waals surface area contributed by atoms with Crippen molar-refractivity contribution in [3.8, 4) is 0 Å². The monoisotopic (exact) mass is 250 g/mol. The lowest BCUT2D eigenvalue weighted by Gasteiger charge is -2.32. The van der Waals surface area contributed by atoms with Crippen molar-refractivity contribution in [1.82, 2.24) is 9.03 Å². The van der Waals surface area contributed by atoms with Crippen LogP contribution in [0, 0.1) is 0 Å². The molecular weight excluding hydrogens is 228 g/mol. The first-order valence-corrected chi connectivity index (χ1v) is 7.32. The van der Waals surface area contributed by atoms with Gasteiger partial charge in [-0.15, -0.1) is 0 Å². The Kier molecular flexibility index (Phi) is 5.17. The lowest BCUT2D eigenvalue weighted by molar-refractivity contribution is 0.185. The van der Waals surface area contributed by atoms with Gasteiger partial charge < -0.3 is 5.11 Å². The Hall–Kier alpha value is -0.170. The number of aliphatic hydroxyl groups excluding tert-OH is 1. The molecule has 16 heavy (non-hydrogen) atoms. The lowest BCUT2D eigenvalue weighted by atomic mass is 10.1. The maximum atomic E-state index is 11.9. The molecule has 0 bridgehead atoms. The van der Waals surface area contributed by atoms with Crippen molar-refractivity contribution in [1.29, 1.82) is 0 Å². The molecular formula is C10H22N2O3S. The summed E-state index contributed by atoms with van der Waals surface area (Å²) in [6, 6.07) is 0.0813. The average molecular weight is 250 g/mol. The Morgan fingerprint density at radius 2 is 2.19 bits per heavy atom. The highest BCUT2D eigenvalue weighted by Gasteiger charge is 2.28. The van der Waals surface area contributed by atoms with Crippen LogP contribution in [0.2, 0.25) is 0 Å². The molecule has 1 aliphatic rings. The van der Waals surface area contributed by atoms with Crippen LogP contribution in [0.4, 0.5) is 0 Å². The van der Waals surface area contributed by atoms with Crippen LogP contribution >= 0.6 is 0 Å². The van der Waals surface area contributed by atoms with E-state index in [0.717, 1.165) is 19.3 Å². The second kappa shape index (κ2) is 5.95. The summed E-state index contributed by atoms with van der Waals surface area (Å²) in [6.45, 7) is 4.49. The molecule has 96 valence electrons. The van der Waals surface area contributed by atoms with Gasteiger partial charge >= 0.3 is 0 Å². The highest BCUT2D eigenvalue weighted by atomic mass is 32.2. The fraction of sp³-hybridized carbons (Fsp3) is 1.00. The number of hydrogen-bond acceptors (Lipinski definition) is 3. The van der Waals surface area contributed by atoms with Gasteiger partial charge in [0.25, 0.3) is 10.2 Å². The highest BCUT2D eigenvalue weighted by Crippen LogP contribution is 2.18. The Bertz CT molecular complexity index is 303. The first-order chi connectivity index (χ1) is 7.43. The molecule has 0 amide bonds. The summed E-state index contributed by atoms with van der Waals surface area (Å²) >= 11 is 0. The van der Waals surface area contributed by atoms with Crippen LogP contribution in [0.15, 0.2) is 0 Å². The SMILES string of the molecule is CC(O)CCNS(=O)(=O)N1CCCCC1C. The number of hydrogen-bond donors (Lipinski definition) is 2. The molecule has 0 radical (unpaired) electrons. The van der Waals surface area contributed by atoms with E-state index in [1.807, 2.05) is 6.92 Å². The van der Waals surface area contributed by atoms with Crippen LogP contribution in [0.5, 0.6) is 0 Å². The summed E-state index contributed by atoms with van der Waals surface area (Å²) in [5.74, 6) is 0. The van der Waals surface area contributed by atoms with Gasteiger partial charge in [-0.1, -0.05) is 6.42 Å². The van der Waals surface area contributed by atoms with Gasteiger partial charge in [0.05, 0.1) is 6.10 Å². The zero-order valence-corrected chi connectivity index (χ0v) is 10.8. The van der Waals surface area contributed by atoms with Crippen molar-refractivity contribution in [2.45, 2.75) is 51.7 Å². The smallest absolute Gasteiger partial charge is 0.279 e. The van der Waals surface area contributed by atoms with Crippen molar-refractivity contribution >= 4 is 10.2 Å². The topological polar surface area (TPSA) is 69.6 Å². The van der Waals surface area contributed by atoms with Gasteiger partial charge in [-0.3, -0.25) is 0 Å². The molecule has 1 aliphatic heterocycles. The molecule has 1 heterocycles. The largest absolute Gasteiger partial charge is 0.393 e. The molecule has 1 fully saturated rings. The van der Waals surface area contributed by atoms with E-state index in [0.29, 0.717) is 19.5 Å². The van der Waals surface area contributed by atoms with E-state index in [9.17, 15) is 8.42 Å². The van der Waals surface area contributed by atoms with Gasteiger partial charge in [-0.25, -0.2) is 4.72 Å². The Morgan fingerprint density at radius 1 is 1.50 bits per heavy atom. The Labute approximate surface area is 98.0 Å². The fourth-order valence-corrected chi connectivity index (χ4v) is 3.40. The number of piperidine rings is 1. The Balaban J connectivity index is 2.48. The summed E-state index contributed by atoms with van der Waals surface area (Å²) in [5, 5.41) is 9.06. The minimum atomic E-state index is -3.36. The molecule has 5 nitrogen and oxygen atoms in total. The summed E-state index contributed by atoms with van der Waals surface area (Å²) in [4.78, 5) is 0. The van der Waals surface area contributed by atoms with E-state index in [1.54, 1.807) is 6.92 Å². The summed E-state index contributed by atoms with van der Waals surface area (Å²) < 4.78 is 27.9. The normalized spacial score (nSPS) is 25.6. The molecule has 0 aliphatic carbocycles. The predicted octanol–water partition coefficient (Wildman–Crippen LogP) is 0.466. The minimum Gasteiger partial charge on any atom is -0.393 e. The predicted molar refractivity (Wildman–Crippen MR) is 63.2 cm³/mol. The van der Waals surface area contributed by atoms with Crippen LogP contribution in [-0.4, -0.2) is 43.1 Å². The van der Waals surface area contributed by atoms with E-state index in [4.69, 9.17) is 5.11 Å². The molecule has 1 saturated heterocycles. The van der Waals surface area contributed by atoms with Gasteiger partial charge in [0.1, 0.15) is 0 Å². The van der Waals surface area contributed by atoms with Crippen LogP contribution in [0.3, 0.4) is 0 Å². The van der Waals surface area contributed by atoms with Crippen molar-refractivity contribution in [3.63, 3.8) is 0 Å². The third-order valence-electron chi connectivity index (χ3n) is 2.90. The van der Waals surface area contributed by atoms with E-state index in [2.05, 4.69) is 4.72 Å². The van der Waals surface area contributed by atoms with E-state index in [1.165, 1.54) is 4.31 Å². The van der Waals surface area contributed by atoms with Crippen molar-refractivity contribution < 1.29 is 13.5 Å². The molecule has 0 spiro atoms. The fourth-order valence-electron chi connectivity index (χ4n) is 1.91. The lowest BCUT2D eigenvalue weighted by Crippen LogP contribution is -2.48. The zero-order valence-electron chi connectivity index (χ0n) is 10.0. The highest BCUT2D eigenvalue weighted by molar-refractivity contribution is 7.87. The maximum Gasteiger partial charge on any atom is 0.279 e. The first-order valence-electron chi connectivity index (χ1n) is 5.88. The summed E-state index contributed by atoms with van der Waals surface area (Å²) in [7, 11) is -3.36. The van der Waals surface area contributed by atoms with Crippen molar-refractivity contribution in [2.75, 3.05) is 13.1 Å². The average Bonchev–Trinajstić information content (AvgIpc) is 2.17. The van der Waals surface area contributed by atoms with Crippen LogP contribution < -0.4 is 4.72 Å². The number of nitrogens with one attached hydrogen (secondary N) is 1. The van der Waals surface area contributed by atoms with Crippen LogP contribution in [-0.2, 0) is 10.2 Å². The summed E-state index contributed by atoms with van der Waals surface area (Å²) in [5.41, 5.74) is 0. The van der Waals surface area contributed by atoms with Gasteiger partial charge in [0.15, 0.2) is 0 Å². The molecule has 2 N–H and O–H groups in total. The zero-order chi connectivity index (χ0) is 12.2. The molecule has 2 atom stereocenters. The molecule has 0 saturated carbocycles. The third-order valence-corrected chi connectivity index (χ3v) is 4.63. The van der Waals surface area contributed by atoms with E-state index >= 15 is 0 Å². The third kappa shape index (κ3) is 4.01. The molecule has 0 aromatic heterocycles. The van der Waals surface area contributed by atoms with Gasteiger partial charge in [-0.05, 0) is 33.1 Å². The molecule has 0 aromatic rings. The number of aliphatic hydroxyl groups is 1. The standard InChI is InChI=1S/C10H22N2O3S/c1-9-5-3-4-8-12(9)16(14,15)11-7-6-10(2)13/h9-11,13H,3-8H2,1-2H3. The van der Waals surface area contributed by atoms with Crippen LogP contribution in [0.1, 0.15) is 39.5 Å². The minimum absolute atomic E-state index is 0.0813. The van der Waals surface area contributed by atoms with E-state index < -0.39 is 16.3 Å². The van der Waals surface area contributed by atoms with E-state index in [-0.39, 0.29) is 6.04 Å². The van der Waals surface area contributed by atoms with Gasteiger partial charge in [0.2, 0.25) is 0 Å². The summed E-state index contributed by atoms with van der Waals surface area (Å²) in [6.07, 6.45) is 2.93. The molecule has 6 heteroatoms. The van der Waals surface area contributed by atoms with Gasteiger partial charge in [-0.2, -0.15) is 12.7 Å². The maximum absolute atomic E-state index is 11.9. The second-order valence-electron chi connectivity index (χ2n) is 4.49. The van der Waals surface area contributed by atoms with Crippen molar-refractivity contribution in [2.24, 2.45) is 0 Å². The second-order valence-corrected chi connectivity index (χ2v) is 6.20. The molecule has 2 unspecified atom stereocenters. The quantitative estimate of drug-likeness (QED) is 0.745. The van der Waals surface area contributed by atoms with Crippen molar-refractivity contribution in [3.05, 3.63) is 0 Å². The van der Waals surface area contributed by atoms with Gasteiger partial charge in [0, 0.05) is 19.1 Å². The molecule has 1 rings (SSSR count). The molecule has 0 aromatic carbocycles. The number of nitrogens with zero attached hydrogens (tertiary/aromatic N) is 1.